The van der Waals surface area contributed by atoms with Gasteiger partial charge in [-0.1, -0.05) is 0 Å². The van der Waals surface area contributed by atoms with Crippen molar-refractivity contribution in [1.29, 1.82) is 0 Å². The molecule has 0 aliphatic carbocycles. The molecule has 0 bridgehead atoms. The van der Waals surface area contributed by atoms with E-state index in [4.69, 9.17) is 4.74 Å². The summed E-state index contributed by atoms with van der Waals surface area (Å²) in [6.45, 7) is 7.22. The molecule has 1 saturated heterocycles. The van der Waals surface area contributed by atoms with Crippen LogP contribution >= 0.6 is 0 Å². The summed E-state index contributed by atoms with van der Waals surface area (Å²) in [6, 6.07) is 7.87. The van der Waals surface area contributed by atoms with Gasteiger partial charge >= 0.3 is 0 Å². The van der Waals surface area contributed by atoms with Crippen LogP contribution in [-0.2, 0) is 17.8 Å². The molecule has 1 fully saturated rings. The minimum absolute atomic E-state index is 0.0513. The van der Waals surface area contributed by atoms with E-state index in [1.165, 1.54) is 0 Å². The lowest BCUT2D eigenvalue weighted by Crippen LogP contribution is -2.38. The fraction of sp³-hybridized carbons (Fsp3) is 0.471. The fourth-order valence-electron chi connectivity index (χ4n) is 3.30. The van der Waals surface area contributed by atoms with Gasteiger partial charge in [-0.2, -0.15) is 0 Å². The number of benzene rings is 1. The highest BCUT2D eigenvalue weighted by Crippen LogP contribution is 2.19. The monoisotopic (exact) mass is 327 g/mol. The van der Waals surface area contributed by atoms with Crippen molar-refractivity contribution < 1.29 is 9.53 Å². The Bertz CT molecular complexity index is 734. The highest BCUT2D eigenvalue weighted by atomic mass is 16.5. The summed E-state index contributed by atoms with van der Waals surface area (Å²) in [5.41, 5.74) is 1.86. The lowest BCUT2D eigenvalue weighted by Gasteiger charge is -2.29. The zero-order chi connectivity index (χ0) is 16.5. The Hall–Kier alpha value is -2.41. The Balaban J connectivity index is 1.46. The summed E-state index contributed by atoms with van der Waals surface area (Å²) in [5.74, 6) is 1.82. The van der Waals surface area contributed by atoms with E-state index < -0.39 is 0 Å². The zero-order valence-corrected chi connectivity index (χ0v) is 13.8. The van der Waals surface area contributed by atoms with Crippen LogP contribution in [0.5, 0.6) is 0 Å². The van der Waals surface area contributed by atoms with Crippen molar-refractivity contribution in [3.63, 3.8) is 0 Å². The Kier molecular flexibility index (Phi) is 3.93. The molecule has 0 saturated carbocycles. The van der Waals surface area contributed by atoms with E-state index in [1.54, 1.807) is 0 Å². The van der Waals surface area contributed by atoms with Crippen molar-refractivity contribution in [3.8, 4) is 0 Å². The first-order valence-corrected chi connectivity index (χ1v) is 8.33. The number of aromatic nitrogens is 3. The van der Waals surface area contributed by atoms with E-state index in [0.717, 1.165) is 55.7 Å². The SMILES string of the molecule is Cc1nnc2n1CCN(C(=O)c1ccc(N3CCOCC3)cc1)C2. The molecule has 2 aliphatic heterocycles. The van der Waals surface area contributed by atoms with Gasteiger partial charge in [-0.25, -0.2) is 0 Å². The van der Waals surface area contributed by atoms with Crippen molar-refractivity contribution in [2.24, 2.45) is 0 Å². The van der Waals surface area contributed by atoms with Gasteiger partial charge in [-0.05, 0) is 31.2 Å². The average molecular weight is 327 g/mol. The van der Waals surface area contributed by atoms with E-state index in [0.29, 0.717) is 13.1 Å². The molecule has 7 heteroatoms. The maximum absolute atomic E-state index is 12.7. The number of ether oxygens (including phenoxy) is 1. The summed E-state index contributed by atoms with van der Waals surface area (Å²) < 4.78 is 7.45. The van der Waals surface area contributed by atoms with Crippen LogP contribution in [0.1, 0.15) is 22.0 Å². The Labute approximate surface area is 140 Å². The third kappa shape index (κ3) is 2.75. The first-order valence-electron chi connectivity index (χ1n) is 8.33. The molecule has 2 aliphatic rings. The third-order valence-electron chi connectivity index (χ3n) is 4.72. The largest absolute Gasteiger partial charge is 0.378 e. The van der Waals surface area contributed by atoms with Gasteiger partial charge in [0.1, 0.15) is 5.82 Å². The van der Waals surface area contributed by atoms with Crippen LogP contribution in [0.3, 0.4) is 0 Å². The molecule has 0 unspecified atom stereocenters. The van der Waals surface area contributed by atoms with Crippen molar-refractivity contribution in [1.82, 2.24) is 19.7 Å². The van der Waals surface area contributed by atoms with E-state index in [-0.39, 0.29) is 5.91 Å². The molecule has 0 spiro atoms. The lowest BCUT2D eigenvalue weighted by atomic mass is 10.1. The number of hydrogen-bond donors (Lipinski definition) is 0. The maximum Gasteiger partial charge on any atom is 0.254 e. The first-order chi connectivity index (χ1) is 11.7. The van der Waals surface area contributed by atoms with Crippen molar-refractivity contribution in [2.75, 3.05) is 37.7 Å². The Morgan fingerprint density at radius 1 is 1.04 bits per heavy atom. The molecule has 4 rings (SSSR count). The zero-order valence-electron chi connectivity index (χ0n) is 13.8. The summed E-state index contributed by atoms with van der Waals surface area (Å²) in [6.07, 6.45) is 0. The number of morpholine rings is 1. The van der Waals surface area contributed by atoms with Gasteiger partial charge in [0.15, 0.2) is 5.82 Å². The van der Waals surface area contributed by atoms with Gasteiger partial charge in [0, 0.05) is 37.4 Å². The van der Waals surface area contributed by atoms with Gasteiger partial charge in [0.05, 0.1) is 19.8 Å². The average Bonchev–Trinajstić information content (AvgIpc) is 3.02. The number of hydrogen-bond acceptors (Lipinski definition) is 5. The van der Waals surface area contributed by atoms with Crippen LogP contribution in [-0.4, -0.2) is 58.4 Å². The van der Waals surface area contributed by atoms with E-state index >= 15 is 0 Å². The molecule has 7 nitrogen and oxygen atoms in total. The smallest absolute Gasteiger partial charge is 0.254 e. The van der Waals surface area contributed by atoms with Gasteiger partial charge in [0.2, 0.25) is 0 Å². The van der Waals surface area contributed by atoms with E-state index in [1.807, 2.05) is 36.1 Å². The number of nitrogens with zero attached hydrogens (tertiary/aromatic N) is 5. The quantitative estimate of drug-likeness (QED) is 0.826. The standard InChI is InChI=1S/C17H21N5O2/c1-13-18-19-16-12-21(6-7-22(13)16)17(23)14-2-4-15(5-3-14)20-8-10-24-11-9-20/h2-5H,6-12H2,1H3. The molecule has 1 amide bonds. The summed E-state index contributed by atoms with van der Waals surface area (Å²) in [4.78, 5) is 16.9. The van der Waals surface area contributed by atoms with Crippen molar-refractivity contribution in [3.05, 3.63) is 41.5 Å². The number of anilines is 1. The Morgan fingerprint density at radius 2 is 1.79 bits per heavy atom. The van der Waals surface area contributed by atoms with Crippen molar-refractivity contribution >= 4 is 11.6 Å². The van der Waals surface area contributed by atoms with Crippen LogP contribution in [0, 0.1) is 6.92 Å². The second kappa shape index (κ2) is 6.24. The van der Waals surface area contributed by atoms with Crippen LogP contribution in [0.2, 0.25) is 0 Å². The van der Waals surface area contributed by atoms with Crippen LogP contribution in [0.15, 0.2) is 24.3 Å². The molecule has 0 atom stereocenters. The molecular weight excluding hydrogens is 306 g/mol. The molecule has 1 aromatic carbocycles. The Morgan fingerprint density at radius 3 is 2.54 bits per heavy atom. The molecule has 2 aromatic rings. The van der Waals surface area contributed by atoms with Gasteiger partial charge in [-0.15, -0.1) is 10.2 Å². The molecule has 126 valence electrons. The lowest BCUT2D eigenvalue weighted by molar-refractivity contribution is 0.0706. The highest BCUT2D eigenvalue weighted by molar-refractivity contribution is 5.94. The van der Waals surface area contributed by atoms with Gasteiger partial charge in [-0.3, -0.25) is 4.79 Å². The third-order valence-corrected chi connectivity index (χ3v) is 4.72. The van der Waals surface area contributed by atoms with Crippen molar-refractivity contribution in [2.45, 2.75) is 20.0 Å². The number of rotatable bonds is 2. The topological polar surface area (TPSA) is 63.5 Å². The van der Waals surface area contributed by atoms with Gasteiger partial charge < -0.3 is 19.1 Å². The van der Waals surface area contributed by atoms with Crippen LogP contribution in [0.4, 0.5) is 5.69 Å². The number of aryl methyl sites for hydroxylation is 1. The molecule has 0 radical (unpaired) electrons. The molecule has 1 aromatic heterocycles. The number of carbonyl (C=O) groups is 1. The predicted octanol–water partition coefficient (Wildman–Crippen LogP) is 1.08. The van der Waals surface area contributed by atoms with E-state index in [2.05, 4.69) is 19.7 Å². The summed E-state index contributed by atoms with van der Waals surface area (Å²) >= 11 is 0. The minimum atomic E-state index is 0.0513. The summed E-state index contributed by atoms with van der Waals surface area (Å²) in [5, 5.41) is 8.25. The fourth-order valence-corrected chi connectivity index (χ4v) is 3.30. The molecule has 24 heavy (non-hydrogen) atoms. The second-order valence-corrected chi connectivity index (χ2v) is 6.19. The maximum atomic E-state index is 12.7. The highest BCUT2D eigenvalue weighted by Gasteiger charge is 2.24. The van der Waals surface area contributed by atoms with Gasteiger partial charge in [0.25, 0.3) is 5.91 Å². The summed E-state index contributed by atoms with van der Waals surface area (Å²) in [7, 11) is 0. The van der Waals surface area contributed by atoms with Crippen LogP contribution in [0.25, 0.3) is 0 Å². The second-order valence-electron chi connectivity index (χ2n) is 6.19. The number of carbonyl (C=O) groups excluding carboxylic acids is 1. The normalized spacial score (nSPS) is 17.7. The van der Waals surface area contributed by atoms with Crippen LogP contribution < -0.4 is 4.90 Å². The minimum Gasteiger partial charge on any atom is -0.378 e. The number of amides is 1. The first kappa shape index (κ1) is 15.1. The number of fused-ring (bicyclic) bond motifs is 1. The molecule has 3 heterocycles. The van der Waals surface area contributed by atoms with E-state index in [9.17, 15) is 4.79 Å². The predicted molar refractivity (Wildman–Crippen MR) is 89.0 cm³/mol. The molecule has 0 N–H and O–H groups in total. The molecular formula is C17H21N5O2.